The van der Waals surface area contributed by atoms with Gasteiger partial charge in [0, 0.05) is 29.1 Å². The van der Waals surface area contributed by atoms with E-state index >= 15 is 0 Å². The minimum Gasteiger partial charge on any atom is -0.483 e. The van der Waals surface area contributed by atoms with Gasteiger partial charge in [-0.05, 0) is 73.1 Å². The van der Waals surface area contributed by atoms with Crippen LogP contribution in [-0.4, -0.2) is 34.4 Å². The minimum absolute atomic E-state index is 0.0141. The Labute approximate surface area is 256 Å². The number of hydrogen-bond acceptors (Lipinski definition) is 8. The van der Waals surface area contributed by atoms with Crippen LogP contribution >= 0.6 is 23.1 Å². The molecule has 0 fully saturated rings. The molecule has 228 valence electrons. The Morgan fingerprint density at radius 2 is 1.75 bits per heavy atom. The van der Waals surface area contributed by atoms with Crippen molar-refractivity contribution in [1.82, 2.24) is 18.2 Å². The molecular formula is C28H20ClF3N4O6S2. The lowest BCUT2D eigenvalue weighted by atomic mass is 10.0. The van der Waals surface area contributed by atoms with Gasteiger partial charge in [-0.2, -0.15) is 17.5 Å². The smallest absolute Gasteiger partial charge is 0.431 e. The molecule has 0 saturated heterocycles. The normalized spacial score (nSPS) is 12.0. The van der Waals surface area contributed by atoms with Crippen LogP contribution in [0.5, 0.6) is 5.75 Å². The standard InChI is InChI=1S/C28H20ClF3N4O6S2/c1-15-3-9-21(42-14-24(37)34-44(40,41)18-7-4-16(29)5-8-18)19(11-15)26-20-12-17(6-10-22(20)43-33-26)36-25(38)13-23(28(30,31)32)35(2)27(36)39/h3-13H,14H2,1-2H3,(H,34,37). The molecule has 2 aromatic heterocycles. The van der Waals surface area contributed by atoms with Crippen LogP contribution in [0, 0.1) is 6.92 Å². The number of alkyl halides is 3. The van der Waals surface area contributed by atoms with Gasteiger partial charge in [-0.3, -0.25) is 14.2 Å². The van der Waals surface area contributed by atoms with Crippen molar-refractivity contribution in [2.75, 3.05) is 6.61 Å². The highest BCUT2D eigenvalue weighted by molar-refractivity contribution is 7.90. The monoisotopic (exact) mass is 664 g/mol. The van der Waals surface area contributed by atoms with Crippen molar-refractivity contribution in [3.63, 3.8) is 0 Å². The van der Waals surface area contributed by atoms with Gasteiger partial charge in [0.15, 0.2) is 6.61 Å². The number of halogens is 4. The summed E-state index contributed by atoms with van der Waals surface area (Å²) in [6, 6.07) is 15.0. The molecular weight excluding hydrogens is 645 g/mol. The summed E-state index contributed by atoms with van der Waals surface area (Å²) in [4.78, 5) is 37.9. The van der Waals surface area contributed by atoms with Crippen LogP contribution < -0.4 is 20.7 Å². The number of hydrogen-bond donors (Lipinski definition) is 1. The molecule has 0 aliphatic carbocycles. The second kappa shape index (κ2) is 11.6. The first-order valence-corrected chi connectivity index (χ1v) is 15.1. The molecule has 3 aromatic carbocycles. The van der Waals surface area contributed by atoms with Crippen molar-refractivity contribution in [3.05, 3.63) is 104 Å². The molecule has 0 atom stereocenters. The number of carbonyl (C=O) groups excluding carboxylic acids is 1. The highest BCUT2D eigenvalue weighted by Gasteiger charge is 2.35. The number of sulfonamides is 1. The highest BCUT2D eigenvalue weighted by atomic mass is 35.5. The fourth-order valence-electron chi connectivity index (χ4n) is 4.35. The van der Waals surface area contributed by atoms with Gasteiger partial charge in [0.05, 0.1) is 21.0 Å². The zero-order valence-electron chi connectivity index (χ0n) is 22.7. The number of nitrogens with one attached hydrogen (secondary N) is 1. The van der Waals surface area contributed by atoms with Crippen molar-refractivity contribution in [3.8, 4) is 22.7 Å². The average Bonchev–Trinajstić information content (AvgIpc) is 3.37. The number of rotatable bonds is 7. The Morgan fingerprint density at radius 3 is 2.43 bits per heavy atom. The van der Waals surface area contributed by atoms with E-state index in [2.05, 4.69) is 4.37 Å². The van der Waals surface area contributed by atoms with Crippen LogP contribution in [0.25, 0.3) is 27.0 Å². The Balaban J connectivity index is 1.48. The van der Waals surface area contributed by atoms with Gasteiger partial charge in [-0.25, -0.2) is 22.5 Å². The second-order valence-corrected chi connectivity index (χ2v) is 12.4. The first-order valence-electron chi connectivity index (χ1n) is 12.5. The lowest BCUT2D eigenvalue weighted by Gasteiger charge is -2.14. The Hall–Kier alpha value is -4.47. The van der Waals surface area contributed by atoms with Crippen LogP contribution in [0.1, 0.15) is 11.3 Å². The van der Waals surface area contributed by atoms with Gasteiger partial charge in [0.2, 0.25) is 0 Å². The molecule has 0 spiro atoms. The highest BCUT2D eigenvalue weighted by Crippen LogP contribution is 2.38. The number of nitrogens with zero attached hydrogens (tertiary/aromatic N) is 3. The molecule has 5 aromatic rings. The third-order valence-electron chi connectivity index (χ3n) is 6.44. The molecule has 1 amide bonds. The van der Waals surface area contributed by atoms with Gasteiger partial charge in [-0.1, -0.05) is 23.2 Å². The maximum atomic E-state index is 13.3. The van der Waals surface area contributed by atoms with Gasteiger partial charge in [0.25, 0.3) is 21.5 Å². The number of aromatic nitrogens is 3. The molecule has 44 heavy (non-hydrogen) atoms. The maximum absolute atomic E-state index is 13.3. The molecule has 0 aliphatic rings. The van der Waals surface area contributed by atoms with Crippen LogP contribution in [-0.2, 0) is 28.0 Å². The summed E-state index contributed by atoms with van der Waals surface area (Å²) in [5, 5.41) is 0.771. The van der Waals surface area contributed by atoms with Crippen molar-refractivity contribution in [1.29, 1.82) is 0 Å². The van der Waals surface area contributed by atoms with Gasteiger partial charge in [-0.15, -0.1) is 0 Å². The fourth-order valence-corrected chi connectivity index (χ4v) is 6.21. The Bertz CT molecular complexity index is 2160. The number of fused-ring (bicyclic) bond motifs is 1. The predicted octanol–water partition coefficient (Wildman–Crippen LogP) is 4.68. The summed E-state index contributed by atoms with van der Waals surface area (Å²) in [6.07, 6.45) is -4.90. The number of ether oxygens (including phenoxy) is 1. The maximum Gasteiger partial charge on any atom is 0.431 e. The van der Waals surface area contributed by atoms with Crippen molar-refractivity contribution in [2.24, 2.45) is 7.05 Å². The quantitative estimate of drug-likeness (QED) is 0.268. The molecule has 0 bridgehead atoms. The van der Waals surface area contributed by atoms with E-state index in [1.54, 1.807) is 31.2 Å². The van der Waals surface area contributed by atoms with Gasteiger partial charge >= 0.3 is 11.9 Å². The van der Waals surface area contributed by atoms with Gasteiger partial charge in [0.1, 0.15) is 11.4 Å². The number of benzene rings is 3. The van der Waals surface area contributed by atoms with Gasteiger partial charge < -0.3 is 4.74 Å². The summed E-state index contributed by atoms with van der Waals surface area (Å²) in [6.45, 7) is 1.12. The van der Waals surface area contributed by atoms with E-state index in [1.807, 2.05) is 4.72 Å². The zero-order valence-corrected chi connectivity index (χ0v) is 25.1. The third-order valence-corrected chi connectivity index (χ3v) is 8.91. The third kappa shape index (κ3) is 6.11. The molecule has 10 nitrogen and oxygen atoms in total. The van der Waals surface area contributed by atoms with Crippen molar-refractivity contribution < 1.29 is 31.1 Å². The summed E-state index contributed by atoms with van der Waals surface area (Å²) >= 11 is 6.88. The first kappa shape index (κ1) is 31.0. The van der Waals surface area contributed by atoms with Crippen LogP contribution in [0.4, 0.5) is 13.2 Å². The van der Waals surface area contributed by atoms with E-state index in [9.17, 15) is 36.0 Å². The molecule has 0 radical (unpaired) electrons. The SMILES string of the molecule is Cc1ccc(OCC(=O)NS(=O)(=O)c2ccc(Cl)cc2)c(-c2nsc3ccc(-n4c(=O)cc(C(F)(F)F)n(C)c4=O)cc23)c1. The fraction of sp³-hybridized carbons (Fsp3) is 0.143. The lowest BCUT2D eigenvalue weighted by Crippen LogP contribution is -2.40. The predicted molar refractivity (Wildman–Crippen MR) is 158 cm³/mol. The molecule has 1 N–H and O–H groups in total. The molecule has 16 heteroatoms. The van der Waals surface area contributed by atoms with Crippen LogP contribution in [0.2, 0.25) is 5.02 Å². The summed E-state index contributed by atoms with van der Waals surface area (Å²) in [5.74, 6) is -0.774. The summed E-state index contributed by atoms with van der Waals surface area (Å²) < 4.78 is 78.8. The van der Waals surface area contributed by atoms with E-state index in [4.69, 9.17) is 16.3 Å². The Kier molecular flexibility index (Phi) is 8.13. The van der Waals surface area contributed by atoms with Crippen LogP contribution in [0.15, 0.2) is 81.2 Å². The number of carbonyl (C=O) groups is 1. The van der Waals surface area contributed by atoms with Crippen LogP contribution in [0.3, 0.4) is 0 Å². The molecule has 0 saturated carbocycles. The summed E-state index contributed by atoms with van der Waals surface area (Å²) in [7, 11) is -3.27. The number of amides is 1. The summed E-state index contributed by atoms with van der Waals surface area (Å²) in [5.41, 5.74) is -2.18. The second-order valence-electron chi connectivity index (χ2n) is 9.53. The van der Waals surface area contributed by atoms with E-state index < -0.39 is 45.7 Å². The van der Waals surface area contributed by atoms with E-state index in [0.717, 1.165) is 24.1 Å². The molecule has 0 unspecified atom stereocenters. The van der Waals surface area contributed by atoms with E-state index in [-0.39, 0.29) is 16.3 Å². The Morgan fingerprint density at radius 1 is 1.05 bits per heavy atom. The lowest BCUT2D eigenvalue weighted by molar-refractivity contribution is -0.144. The molecule has 0 aliphatic heterocycles. The molecule has 5 rings (SSSR count). The largest absolute Gasteiger partial charge is 0.483 e. The van der Waals surface area contributed by atoms with E-state index in [1.165, 1.54) is 36.4 Å². The van der Waals surface area contributed by atoms with E-state index in [0.29, 0.717) is 41.6 Å². The van der Waals surface area contributed by atoms with Crippen molar-refractivity contribution in [2.45, 2.75) is 18.0 Å². The number of aryl methyl sites for hydroxylation is 1. The first-order chi connectivity index (χ1) is 20.7. The topological polar surface area (TPSA) is 129 Å². The molecule has 2 heterocycles. The average molecular weight is 665 g/mol. The minimum atomic E-state index is -4.90. The van der Waals surface area contributed by atoms with Crippen molar-refractivity contribution >= 4 is 49.2 Å². The zero-order chi connectivity index (χ0) is 32.0.